The number of amides is 1. The van der Waals surface area contributed by atoms with Crippen molar-refractivity contribution in [3.8, 4) is 5.75 Å². The van der Waals surface area contributed by atoms with Crippen LogP contribution in [0.25, 0.3) is 0 Å². The van der Waals surface area contributed by atoms with Crippen molar-refractivity contribution in [2.75, 3.05) is 13.1 Å². The molecule has 0 bridgehead atoms. The highest BCUT2D eigenvalue weighted by atomic mass is 31.0. The van der Waals surface area contributed by atoms with Crippen LogP contribution >= 0.6 is 9.24 Å². The highest BCUT2D eigenvalue weighted by Crippen LogP contribution is 2.31. The molecule has 0 aliphatic carbocycles. The molecule has 1 amide bonds. The monoisotopic (exact) mass is 459 g/mol. The molecule has 168 valence electrons. The summed E-state index contributed by atoms with van der Waals surface area (Å²) in [5.74, 6) is -2.65. The maximum atomic E-state index is 15.0. The quantitative estimate of drug-likeness (QED) is 0.506. The standard InChI is InChI=1S/C23H24F2N3O3P/c1-2-10-28(23(31)21-22(30)18(29)13-26-27-21)11-9-16(14-5-3-6-15(24)12-14)17-7-4-8-19(32)20(17)25/h3-8,12-13,16H,2,9-11,32H2,1H3,(H,26,30)(H,27,29). The first-order chi connectivity index (χ1) is 15.3. The molecule has 2 N–H and O–H groups in total. The molecule has 0 aliphatic rings. The van der Waals surface area contributed by atoms with E-state index in [1.807, 2.05) is 6.92 Å². The van der Waals surface area contributed by atoms with Gasteiger partial charge in [-0.2, -0.15) is 5.10 Å². The van der Waals surface area contributed by atoms with Crippen LogP contribution in [0.15, 0.2) is 53.5 Å². The van der Waals surface area contributed by atoms with E-state index in [9.17, 15) is 23.5 Å². The number of aromatic nitrogens is 2. The van der Waals surface area contributed by atoms with Crippen molar-refractivity contribution in [1.29, 1.82) is 0 Å². The first kappa shape index (κ1) is 23.5. The van der Waals surface area contributed by atoms with E-state index in [2.05, 4.69) is 19.4 Å². The zero-order valence-corrected chi connectivity index (χ0v) is 18.7. The van der Waals surface area contributed by atoms with E-state index in [-0.39, 0.29) is 12.2 Å². The number of carbonyl (C=O) groups excluding carboxylic acids is 1. The summed E-state index contributed by atoms with van der Waals surface area (Å²) < 4.78 is 28.9. The minimum Gasteiger partial charge on any atom is -0.502 e. The minimum atomic E-state index is -0.763. The molecule has 32 heavy (non-hydrogen) atoms. The van der Waals surface area contributed by atoms with Crippen molar-refractivity contribution >= 4 is 20.5 Å². The second-order valence-corrected chi connectivity index (χ2v) is 8.02. The predicted molar refractivity (Wildman–Crippen MR) is 121 cm³/mol. The Morgan fingerprint density at radius 3 is 2.69 bits per heavy atom. The summed E-state index contributed by atoms with van der Waals surface area (Å²) in [6.07, 6.45) is 1.80. The van der Waals surface area contributed by atoms with Crippen molar-refractivity contribution in [2.24, 2.45) is 0 Å². The van der Waals surface area contributed by atoms with Crippen LogP contribution in [0.1, 0.15) is 47.3 Å². The van der Waals surface area contributed by atoms with Crippen LogP contribution < -0.4 is 10.7 Å². The Morgan fingerprint density at radius 2 is 1.97 bits per heavy atom. The van der Waals surface area contributed by atoms with Gasteiger partial charge in [-0.15, -0.1) is 9.24 Å². The molecule has 6 nitrogen and oxygen atoms in total. The number of hydrogen-bond acceptors (Lipinski definition) is 4. The fraction of sp³-hybridized carbons (Fsp3) is 0.261. The van der Waals surface area contributed by atoms with Crippen LogP contribution in [-0.2, 0) is 0 Å². The lowest BCUT2D eigenvalue weighted by Gasteiger charge is -2.26. The Kier molecular flexibility index (Phi) is 7.70. The van der Waals surface area contributed by atoms with Crippen molar-refractivity contribution in [1.82, 2.24) is 15.1 Å². The molecule has 2 unspecified atom stereocenters. The Bertz CT molecular complexity index is 1170. The van der Waals surface area contributed by atoms with E-state index >= 15 is 0 Å². The summed E-state index contributed by atoms with van der Waals surface area (Å²) in [7, 11) is 2.34. The number of hydrogen-bond donors (Lipinski definition) is 2. The number of aromatic amines is 1. The lowest BCUT2D eigenvalue weighted by Crippen LogP contribution is -2.35. The molecule has 1 heterocycles. The average Bonchev–Trinajstić information content (AvgIpc) is 2.77. The lowest BCUT2D eigenvalue weighted by molar-refractivity contribution is 0.0740. The summed E-state index contributed by atoms with van der Waals surface area (Å²) >= 11 is 0. The summed E-state index contributed by atoms with van der Waals surface area (Å²) in [6, 6.07) is 11.0. The molecule has 2 atom stereocenters. The molecule has 0 fully saturated rings. The molecular formula is C23H24F2N3O3P. The number of H-pyrrole nitrogens is 1. The molecule has 9 heteroatoms. The van der Waals surface area contributed by atoms with Crippen LogP contribution in [0.2, 0.25) is 0 Å². The number of aromatic hydroxyl groups is 1. The van der Waals surface area contributed by atoms with Gasteiger partial charge in [0, 0.05) is 24.3 Å². The second-order valence-electron chi connectivity index (χ2n) is 7.40. The highest BCUT2D eigenvalue weighted by Gasteiger charge is 2.25. The van der Waals surface area contributed by atoms with Crippen LogP contribution in [0, 0.1) is 11.6 Å². The van der Waals surface area contributed by atoms with Gasteiger partial charge >= 0.3 is 0 Å². The fourth-order valence-corrected chi connectivity index (χ4v) is 3.91. The number of halogens is 2. The normalized spacial score (nSPS) is 11.9. The van der Waals surface area contributed by atoms with Crippen molar-refractivity contribution < 1.29 is 18.7 Å². The first-order valence-electron chi connectivity index (χ1n) is 10.2. The third-order valence-electron chi connectivity index (χ3n) is 5.20. The van der Waals surface area contributed by atoms with Gasteiger partial charge in [-0.25, -0.2) is 8.78 Å². The summed E-state index contributed by atoms with van der Waals surface area (Å²) in [5.41, 5.74) is -0.0856. The molecule has 2 aromatic carbocycles. The van der Waals surface area contributed by atoms with Crippen molar-refractivity contribution in [3.05, 3.63) is 87.3 Å². The number of carbonyl (C=O) groups is 1. The second kappa shape index (κ2) is 10.5. The Morgan fingerprint density at radius 1 is 1.22 bits per heavy atom. The van der Waals surface area contributed by atoms with Crippen LogP contribution in [0.5, 0.6) is 5.75 Å². The SMILES string of the molecule is CCCN(CCC(c1cccc(F)c1)c1cccc(P)c1F)C(=O)c1[nH]ncc(=O)c1O. The average molecular weight is 459 g/mol. The van der Waals surface area contributed by atoms with Crippen LogP contribution in [0.3, 0.4) is 0 Å². The molecule has 0 radical (unpaired) electrons. The molecular weight excluding hydrogens is 435 g/mol. The van der Waals surface area contributed by atoms with Crippen molar-refractivity contribution in [3.63, 3.8) is 0 Å². The molecule has 0 aliphatic heterocycles. The highest BCUT2D eigenvalue weighted by molar-refractivity contribution is 7.27. The zero-order chi connectivity index (χ0) is 23.3. The van der Waals surface area contributed by atoms with Gasteiger partial charge in [-0.3, -0.25) is 14.7 Å². The fourth-order valence-electron chi connectivity index (χ4n) is 3.63. The Hall–Kier alpha value is -3.12. The molecule has 1 aromatic heterocycles. The number of nitrogens with one attached hydrogen (secondary N) is 1. The van der Waals surface area contributed by atoms with Crippen LogP contribution in [0.4, 0.5) is 8.78 Å². The van der Waals surface area contributed by atoms with Gasteiger partial charge in [-0.05, 0) is 36.1 Å². The third kappa shape index (κ3) is 5.19. The molecule has 3 aromatic rings. The largest absolute Gasteiger partial charge is 0.502 e. The third-order valence-corrected chi connectivity index (χ3v) is 5.64. The summed E-state index contributed by atoms with van der Waals surface area (Å²) in [6.45, 7) is 2.41. The number of nitrogens with zero attached hydrogens (tertiary/aromatic N) is 2. The van der Waals surface area contributed by atoms with Gasteiger partial charge in [0.15, 0.2) is 11.4 Å². The summed E-state index contributed by atoms with van der Waals surface area (Å²) in [4.78, 5) is 26.1. The van der Waals surface area contributed by atoms with Gasteiger partial charge in [0.25, 0.3) is 5.91 Å². The first-order valence-corrected chi connectivity index (χ1v) is 10.8. The minimum absolute atomic E-state index is 0.185. The zero-order valence-electron chi connectivity index (χ0n) is 17.5. The number of rotatable bonds is 8. The van der Waals surface area contributed by atoms with E-state index in [1.54, 1.807) is 30.3 Å². The van der Waals surface area contributed by atoms with Gasteiger partial charge in [0.1, 0.15) is 11.6 Å². The topological polar surface area (TPSA) is 86.3 Å². The Labute approximate surface area is 186 Å². The molecule has 0 spiro atoms. The smallest absolute Gasteiger partial charge is 0.275 e. The number of benzene rings is 2. The van der Waals surface area contributed by atoms with Gasteiger partial charge in [0.2, 0.25) is 5.43 Å². The van der Waals surface area contributed by atoms with E-state index in [4.69, 9.17) is 0 Å². The van der Waals surface area contributed by atoms with Crippen molar-refractivity contribution in [2.45, 2.75) is 25.7 Å². The maximum absolute atomic E-state index is 15.0. The molecule has 0 saturated carbocycles. The van der Waals surface area contributed by atoms with E-state index in [1.165, 1.54) is 17.0 Å². The van der Waals surface area contributed by atoms with Crippen LogP contribution in [-0.4, -0.2) is 39.2 Å². The molecule has 3 rings (SSSR count). The maximum Gasteiger partial charge on any atom is 0.275 e. The predicted octanol–water partition coefficient (Wildman–Crippen LogP) is 3.33. The summed E-state index contributed by atoms with van der Waals surface area (Å²) in [5, 5.41) is 16.4. The van der Waals surface area contributed by atoms with Gasteiger partial charge in [0.05, 0.1) is 6.20 Å². The van der Waals surface area contributed by atoms with E-state index in [0.29, 0.717) is 35.8 Å². The molecule has 0 saturated heterocycles. The van der Waals surface area contributed by atoms with Gasteiger partial charge in [-0.1, -0.05) is 37.3 Å². The Balaban J connectivity index is 1.94. The lowest BCUT2D eigenvalue weighted by atomic mass is 9.88. The van der Waals surface area contributed by atoms with E-state index < -0.39 is 34.6 Å². The van der Waals surface area contributed by atoms with E-state index in [0.717, 1.165) is 6.20 Å². The van der Waals surface area contributed by atoms with Gasteiger partial charge < -0.3 is 10.0 Å².